The van der Waals surface area contributed by atoms with Crippen LogP contribution in [-0.2, 0) is 6.54 Å². The predicted octanol–water partition coefficient (Wildman–Crippen LogP) is 6.45. The van der Waals surface area contributed by atoms with Crippen LogP contribution in [0.5, 0.6) is 11.5 Å². The Bertz CT molecular complexity index is 458. The van der Waals surface area contributed by atoms with Gasteiger partial charge >= 0.3 is 0 Å². The fourth-order valence-electron chi connectivity index (χ4n) is 3.01. The van der Waals surface area contributed by atoms with Gasteiger partial charge in [0.1, 0.15) is 0 Å². The highest BCUT2D eigenvalue weighted by Crippen LogP contribution is 2.29. The van der Waals surface area contributed by atoms with Gasteiger partial charge in [-0.15, -0.1) is 0 Å². The van der Waals surface area contributed by atoms with Crippen molar-refractivity contribution >= 4 is 0 Å². The Morgan fingerprint density at radius 3 is 1.81 bits per heavy atom. The average molecular weight is 364 g/mol. The lowest BCUT2D eigenvalue weighted by molar-refractivity contribution is 0.257. The lowest BCUT2D eigenvalue weighted by atomic mass is 10.1. The number of rotatable bonds is 16. The molecule has 0 bridgehead atoms. The largest absolute Gasteiger partial charge is 0.490 e. The summed E-state index contributed by atoms with van der Waals surface area (Å²) in [5.74, 6) is 1.82. The summed E-state index contributed by atoms with van der Waals surface area (Å²) in [4.78, 5) is 2.42. The Morgan fingerprint density at radius 1 is 0.692 bits per heavy atom. The minimum absolute atomic E-state index is 0.779. The molecule has 0 saturated carbocycles. The van der Waals surface area contributed by atoms with E-state index in [0.29, 0.717) is 0 Å². The van der Waals surface area contributed by atoms with Crippen molar-refractivity contribution < 1.29 is 9.47 Å². The monoisotopic (exact) mass is 363 g/mol. The summed E-state index contributed by atoms with van der Waals surface area (Å²) in [6, 6.07) is 6.46. The highest BCUT2D eigenvalue weighted by Gasteiger charge is 2.09. The van der Waals surface area contributed by atoms with Crippen LogP contribution < -0.4 is 9.47 Å². The number of hydrogen-bond donors (Lipinski definition) is 0. The molecule has 0 aliphatic carbocycles. The summed E-state index contributed by atoms with van der Waals surface area (Å²) in [5, 5.41) is 0. The molecule has 0 unspecified atom stereocenters. The molecule has 150 valence electrons. The van der Waals surface area contributed by atoms with Crippen molar-refractivity contribution in [2.24, 2.45) is 0 Å². The van der Waals surface area contributed by atoms with Crippen LogP contribution in [0.3, 0.4) is 0 Å². The van der Waals surface area contributed by atoms with Crippen LogP contribution in [0.1, 0.15) is 84.6 Å². The maximum atomic E-state index is 6.11. The molecule has 1 aromatic carbocycles. The standard InChI is InChI=1S/C23H41NO2/c1-5-9-11-13-17-25-22-16-15-21(20-24(7-3)8-4)19-23(22)26-18-14-12-10-6-2/h15-16,19H,5-14,17-18,20H2,1-4H3. The van der Waals surface area contributed by atoms with Crippen molar-refractivity contribution in [3.05, 3.63) is 23.8 Å². The first kappa shape index (κ1) is 22.8. The maximum absolute atomic E-state index is 6.11. The van der Waals surface area contributed by atoms with Gasteiger partial charge in [-0.05, 0) is 43.6 Å². The van der Waals surface area contributed by atoms with Crippen LogP contribution >= 0.6 is 0 Å². The Kier molecular flexibility index (Phi) is 13.1. The van der Waals surface area contributed by atoms with E-state index in [-0.39, 0.29) is 0 Å². The van der Waals surface area contributed by atoms with Crippen molar-refractivity contribution in [3.8, 4) is 11.5 Å². The lowest BCUT2D eigenvalue weighted by Gasteiger charge is -2.19. The molecule has 3 heteroatoms. The highest BCUT2D eigenvalue weighted by atomic mass is 16.5. The number of ether oxygens (including phenoxy) is 2. The second kappa shape index (κ2) is 14.9. The van der Waals surface area contributed by atoms with Gasteiger partial charge in [0.15, 0.2) is 11.5 Å². The van der Waals surface area contributed by atoms with Gasteiger partial charge in [-0.2, -0.15) is 0 Å². The fraction of sp³-hybridized carbons (Fsp3) is 0.739. The molecule has 26 heavy (non-hydrogen) atoms. The van der Waals surface area contributed by atoms with Crippen molar-refractivity contribution in [1.82, 2.24) is 4.90 Å². The zero-order chi connectivity index (χ0) is 19.0. The van der Waals surface area contributed by atoms with E-state index in [0.717, 1.165) is 57.2 Å². The Hall–Kier alpha value is -1.22. The van der Waals surface area contributed by atoms with Crippen molar-refractivity contribution in [2.75, 3.05) is 26.3 Å². The molecule has 0 heterocycles. The molecular weight excluding hydrogens is 322 g/mol. The second-order valence-corrected chi connectivity index (χ2v) is 7.06. The summed E-state index contributed by atoms with van der Waals surface area (Å²) in [6.07, 6.45) is 9.79. The van der Waals surface area contributed by atoms with E-state index in [9.17, 15) is 0 Å². The quantitative estimate of drug-likeness (QED) is 0.315. The zero-order valence-corrected chi connectivity index (χ0v) is 17.7. The van der Waals surface area contributed by atoms with Crippen LogP contribution in [0.25, 0.3) is 0 Å². The molecule has 1 aromatic rings. The van der Waals surface area contributed by atoms with Crippen LogP contribution in [0.4, 0.5) is 0 Å². The molecule has 0 N–H and O–H groups in total. The third-order valence-corrected chi connectivity index (χ3v) is 4.82. The third kappa shape index (κ3) is 9.47. The molecule has 0 aliphatic heterocycles. The zero-order valence-electron chi connectivity index (χ0n) is 17.7. The van der Waals surface area contributed by atoms with Crippen LogP contribution in [0.2, 0.25) is 0 Å². The predicted molar refractivity (Wildman–Crippen MR) is 112 cm³/mol. The van der Waals surface area contributed by atoms with E-state index in [1.54, 1.807) is 0 Å². The summed E-state index contributed by atoms with van der Waals surface area (Å²) in [7, 11) is 0. The maximum Gasteiger partial charge on any atom is 0.161 e. The molecule has 0 fully saturated rings. The minimum atomic E-state index is 0.779. The van der Waals surface area contributed by atoms with E-state index in [1.807, 2.05) is 0 Å². The smallest absolute Gasteiger partial charge is 0.161 e. The average Bonchev–Trinajstić information content (AvgIpc) is 2.67. The summed E-state index contributed by atoms with van der Waals surface area (Å²) in [6.45, 7) is 13.6. The second-order valence-electron chi connectivity index (χ2n) is 7.06. The summed E-state index contributed by atoms with van der Waals surface area (Å²) < 4.78 is 12.1. The number of hydrogen-bond acceptors (Lipinski definition) is 3. The van der Waals surface area contributed by atoms with Crippen LogP contribution in [0.15, 0.2) is 18.2 Å². The number of benzene rings is 1. The lowest BCUT2D eigenvalue weighted by Crippen LogP contribution is -2.22. The van der Waals surface area contributed by atoms with Gasteiger partial charge in [-0.25, -0.2) is 0 Å². The number of unbranched alkanes of at least 4 members (excludes halogenated alkanes) is 6. The van der Waals surface area contributed by atoms with Gasteiger partial charge < -0.3 is 9.47 Å². The fourth-order valence-corrected chi connectivity index (χ4v) is 3.01. The molecule has 0 spiro atoms. The Morgan fingerprint density at radius 2 is 1.27 bits per heavy atom. The van der Waals surface area contributed by atoms with Crippen LogP contribution in [-0.4, -0.2) is 31.2 Å². The number of nitrogens with zero attached hydrogens (tertiary/aromatic N) is 1. The SMILES string of the molecule is CCCCCCOc1ccc(CN(CC)CC)cc1OCCCCCC. The van der Waals surface area contributed by atoms with Crippen molar-refractivity contribution in [3.63, 3.8) is 0 Å². The molecule has 0 saturated heterocycles. The summed E-state index contributed by atoms with van der Waals surface area (Å²) >= 11 is 0. The molecule has 0 radical (unpaired) electrons. The van der Waals surface area contributed by atoms with Gasteiger partial charge in [0.05, 0.1) is 13.2 Å². The van der Waals surface area contributed by atoms with E-state index in [4.69, 9.17) is 9.47 Å². The third-order valence-electron chi connectivity index (χ3n) is 4.82. The molecule has 0 aromatic heterocycles. The van der Waals surface area contributed by atoms with E-state index in [2.05, 4.69) is 50.8 Å². The van der Waals surface area contributed by atoms with Gasteiger partial charge in [-0.1, -0.05) is 72.3 Å². The van der Waals surface area contributed by atoms with Crippen molar-refractivity contribution in [2.45, 2.75) is 85.6 Å². The Labute approximate surface area is 162 Å². The molecule has 0 aliphatic rings. The van der Waals surface area contributed by atoms with E-state index in [1.165, 1.54) is 44.1 Å². The first-order chi connectivity index (χ1) is 12.7. The first-order valence-electron chi connectivity index (χ1n) is 10.9. The molecule has 0 amide bonds. The highest BCUT2D eigenvalue weighted by molar-refractivity contribution is 5.43. The van der Waals surface area contributed by atoms with Crippen LogP contribution in [0, 0.1) is 0 Å². The Balaban J connectivity index is 2.65. The molecule has 0 atom stereocenters. The normalized spacial score (nSPS) is 11.1. The topological polar surface area (TPSA) is 21.7 Å². The molecular formula is C23H41NO2. The molecule has 1 rings (SSSR count). The first-order valence-corrected chi connectivity index (χ1v) is 10.9. The minimum Gasteiger partial charge on any atom is -0.490 e. The van der Waals surface area contributed by atoms with E-state index < -0.39 is 0 Å². The van der Waals surface area contributed by atoms with Crippen molar-refractivity contribution in [1.29, 1.82) is 0 Å². The van der Waals surface area contributed by atoms with E-state index >= 15 is 0 Å². The van der Waals surface area contributed by atoms with Gasteiger partial charge in [0.2, 0.25) is 0 Å². The molecule has 3 nitrogen and oxygen atoms in total. The van der Waals surface area contributed by atoms with Gasteiger partial charge in [-0.3, -0.25) is 4.90 Å². The summed E-state index contributed by atoms with van der Waals surface area (Å²) in [5.41, 5.74) is 1.30. The van der Waals surface area contributed by atoms with Gasteiger partial charge in [0.25, 0.3) is 0 Å². The van der Waals surface area contributed by atoms with Gasteiger partial charge in [0, 0.05) is 6.54 Å².